The van der Waals surface area contributed by atoms with Gasteiger partial charge in [-0.15, -0.1) is 0 Å². The van der Waals surface area contributed by atoms with Crippen LogP contribution in [0, 0.1) is 23.0 Å². The standard InChI is InChI=1S/C12H16N2O6S/c1-7-6-10(14(17)18)4-5-11(7)21(19,20)13-9(3)8(2)12(15)16/h4-6,8-9,13H,1-3H3,(H,15,16). The summed E-state index contributed by atoms with van der Waals surface area (Å²) in [7, 11) is -3.95. The van der Waals surface area contributed by atoms with Crippen LogP contribution in [0.15, 0.2) is 23.1 Å². The number of nitro groups is 1. The molecule has 1 aromatic carbocycles. The summed E-state index contributed by atoms with van der Waals surface area (Å²) in [6, 6.07) is 2.56. The van der Waals surface area contributed by atoms with Crippen molar-refractivity contribution in [2.45, 2.75) is 31.7 Å². The molecule has 0 heterocycles. The third-order valence-electron chi connectivity index (χ3n) is 3.14. The molecule has 9 heteroatoms. The number of carboxylic acid groups (broad SMARTS) is 1. The van der Waals surface area contributed by atoms with Crippen LogP contribution in [0.1, 0.15) is 19.4 Å². The van der Waals surface area contributed by atoms with Crippen molar-refractivity contribution in [2.75, 3.05) is 0 Å². The van der Waals surface area contributed by atoms with Crippen molar-refractivity contribution in [3.05, 3.63) is 33.9 Å². The maximum Gasteiger partial charge on any atom is 0.307 e. The molecule has 0 bridgehead atoms. The second-order valence-electron chi connectivity index (χ2n) is 4.74. The molecule has 0 aliphatic heterocycles. The number of hydrogen-bond donors (Lipinski definition) is 2. The minimum Gasteiger partial charge on any atom is -0.481 e. The van der Waals surface area contributed by atoms with Crippen LogP contribution in [0.25, 0.3) is 0 Å². The summed E-state index contributed by atoms with van der Waals surface area (Å²) in [5.41, 5.74) is 0.00489. The van der Waals surface area contributed by atoms with Crippen LogP contribution >= 0.6 is 0 Å². The van der Waals surface area contributed by atoms with E-state index >= 15 is 0 Å². The van der Waals surface area contributed by atoms with Crippen molar-refractivity contribution in [2.24, 2.45) is 5.92 Å². The fraction of sp³-hybridized carbons (Fsp3) is 0.417. The lowest BCUT2D eigenvalue weighted by Gasteiger charge is -2.18. The highest BCUT2D eigenvalue weighted by molar-refractivity contribution is 7.89. The van der Waals surface area contributed by atoms with Crippen molar-refractivity contribution < 1.29 is 23.2 Å². The van der Waals surface area contributed by atoms with Gasteiger partial charge in [0.15, 0.2) is 0 Å². The summed E-state index contributed by atoms with van der Waals surface area (Å²) in [5.74, 6) is -2.02. The first-order valence-electron chi connectivity index (χ1n) is 6.06. The highest BCUT2D eigenvalue weighted by Crippen LogP contribution is 2.21. The number of aryl methyl sites for hydroxylation is 1. The molecule has 8 nitrogen and oxygen atoms in total. The van der Waals surface area contributed by atoms with E-state index in [1.807, 2.05) is 0 Å². The minimum atomic E-state index is -3.95. The number of rotatable bonds is 6. The number of nitro benzene ring substituents is 1. The fourth-order valence-corrected chi connectivity index (χ4v) is 3.22. The van der Waals surface area contributed by atoms with Gasteiger partial charge in [-0.1, -0.05) is 6.92 Å². The van der Waals surface area contributed by atoms with Crippen molar-refractivity contribution in [1.29, 1.82) is 0 Å². The normalized spacial score (nSPS) is 14.4. The average molecular weight is 316 g/mol. The summed E-state index contributed by atoms with van der Waals surface area (Å²) in [5, 5.41) is 19.5. The lowest BCUT2D eigenvalue weighted by Crippen LogP contribution is -2.40. The molecule has 0 aliphatic carbocycles. The third-order valence-corrected chi connectivity index (χ3v) is 4.86. The second-order valence-corrected chi connectivity index (χ2v) is 6.43. The van der Waals surface area contributed by atoms with Gasteiger partial charge < -0.3 is 5.11 Å². The molecule has 116 valence electrons. The molecular formula is C12H16N2O6S. The quantitative estimate of drug-likeness (QED) is 0.601. The van der Waals surface area contributed by atoms with Gasteiger partial charge in [-0.2, -0.15) is 0 Å². The highest BCUT2D eigenvalue weighted by atomic mass is 32.2. The van der Waals surface area contributed by atoms with E-state index in [1.54, 1.807) is 0 Å². The number of hydrogen-bond acceptors (Lipinski definition) is 5. The molecule has 21 heavy (non-hydrogen) atoms. The van der Waals surface area contributed by atoms with E-state index in [4.69, 9.17) is 5.11 Å². The maximum absolute atomic E-state index is 12.2. The third kappa shape index (κ3) is 3.99. The Balaban J connectivity index is 3.09. The molecule has 0 saturated carbocycles. The summed E-state index contributed by atoms with van der Waals surface area (Å²) >= 11 is 0. The zero-order valence-electron chi connectivity index (χ0n) is 11.7. The summed E-state index contributed by atoms with van der Waals surface area (Å²) < 4.78 is 26.7. The van der Waals surface area contributed by atoms with Gasteiger partial charge in [0.05, 0.1) is 15.7 Å². The molecule has 1 rings (SSSR count). The first-order chi connectivity index (χ1) is 9.56. The van der Waals surface area contributed by atoms with Crippen molar-refractivity contribution in [3.63, 3.8) is 0 Å². The van der Waals surface area contributed by atoms with Crippen LogP contribution in [0.4, 0.5) is 5.69 Å². The smallest absolute Gasteiger partial charge is 0.307 e. The first kappa shape index (κ1) is 17.1. The van der Waals surface area contributed by atoms with Crippen LogP contribution in [-0.4, -0.2) is 30.5 Å². The first-order valence-corrected chi connectivity index (χ1v) is 7.54. The number of carbonyl (C=O) groups is 1. The molecule has 0 saturated heterocycles. The average Bonchev–Trinajstić information content (AvgIpc) is 2.36. The Labute approximate surface area is 122 Å². The lowest BCUT2D eigenvalue weighted by molar-refractivity contribution is -0.385. The number of benzene rings is 1. The van der Waals surface area contributed by atoms with Crippen molar-refractivity contribution >= 4 is 21.7 Å². The molecule has 0 aliphatic rings. The number of nitrogens with one attached hydrogen (secondary N) is 1. The summed E-state index contributed by atoms with van der Waals surface area (Å²) in [6.07, 6.45) is 0. The van der Waals surface area contributed by atoms with E-state index in [0.29, 0.717) is 0 Å². The Morgan fingerprint density at radius 3 is 2.38 bits per heavy atom. The van der Waals surface area contributed by atoms with E-state index in [0.717, 1.165) is 18.2 Å². The number of nitrogens with zero attached hydrogens (tertiary/aromatic N) is 1. The Morgan fingerprint density at radius 1 is 1.38 bits per heavy atom. The molecule has 2 unspecified atom stereocenters. The number of non-ortho nitro benzene ring substituents is 1. The van der Waals surface area contributed by atoms with Crippen LogP contribution in [0.5, 0.6) is 0 Å². The highest BCUT2D eigenvalue weighted by Gasteiger charge is 2.26. The van der Waals surface area contributed by atoms with Gasteiger partial charge in [0, 0.05) is 18.2 Å². The predicted octanol–water partition coefficient (Wildman–Crippen LogP) is 1.29. The lowest BCUT2D eigenvalue weighted by atomic mass is 10.1. The predicted molar refractivity (Wildman–Crippen MR) is 74.4 cm³/mol. The Kier molecular flexibility index (Phi) is 5.02. The SMILES string of the molecule is Cc1cc([N+](=O)[O-])ccc1S(=O)(=O)NC(C)C(C)C(=O)O. The summed E-state index contributed by atoms with van der Waals surface area (Å²) in [6.45, 7) is 4.27. The second kappa shape index (κ2) is 6.19. The van der Waals surface area contributed by atoms with Gasteiger partial charge in [0.25, 0.3) is 5.69 Å². The van der Waals surface area contributed by atoms with Crippen LogP contribution in [-0.2, 0) is 14.8 Å². The molecule has 0 radical (unpaired) electrons. The molecule has 2 N–H and O–H groups in total. The topological polar surface area (TPSA) is 127 Å². The Hall–Kier alpha value is -2.00. The molecular weight excluding hydrogens is 300 g/mol. The molecule has 1 aromatic rings. The number of sulfonamides is 1. The molecule has 0 amide bonds. The van der Waals surface area contributed by atoms with Gasteiger partial charge in [-0.05, 0) is 25.5 Å². The fourth-order valence-electron chi connectivity index (χ4n) is 1.67. The Morgan fingerprint density at radius 2 is 1.95 bits per heavy atom. The largest absolute Gasteiger partial charge is 0.481 e. The van der Waals surface area contributed by atoms with E-state index in [2.05, 4.69) is 4.72 Å². The van der Waals surface area contributed by atoms with Gasteiger partial charge in [0.1, 0.15) is 0 Å². The maximum atomic E-state index is 12.2. The minimum absolute atomic E-state index is 0.113. The van der Waals surface area contributed by atoms with Crippen molar-refractivity contribution in [1.82, 2.24) is 4.72 Å². The van der Waals surface area contributed by atoms with E-state index in [1.165, 1.54) is 20.8 Å². The van der Waals surface area contributed by atoms with Gasteiger partial charge in [-0.3, -0.25) is 14.9 Å². The van der Waals surface area contributed by atoms with E-state index in [9.17, 15) is 23.3 Å². The molecule has 0 fully saturated rings. The molecule has 0 aromatic heterocycles. The van der Waals surface area contributed by atoms with E-state index < -0.39 is 32.9 Å². The van der Waals surface area contributed by atoms with Crippen LogP contribution in [0.2, 0.25) is 0 Å². The molecule has 0 spiro atoms. The van der Waals surface area contributed by atoms with Gasteiger partial charge in [0.2, 0.25) is 10.0 Å². The zero-order chi connectivity index (χ0) is 16.4. The Bertz CT molecular complexity index is 670. The van der Waals surface area contributed by atoms with Crippen LogP contribution in [0.3, 0.4) is 0 Å². The van der Waals surface area contributed by atoms with Crippen LogP contribution < -0.4 is 4.72 Å². The zero-order valence-corrected chi connectivity index (χ0v) is 12.5. The monoisotopic (exact) mass is 316 g/mol. The number of aliphatic carboxylic acids is 1. The summed E-state index contributed by atoms with van der Waals surface area (Å²) in [4.78, 5) is 20.7. The van der Waals surface area contributed by atoms with Gasteiger partial charge in [-0.25, -0.2) is 13.1 Å². The number of carboxylic acids is 1. The van der Waals surface area contributed by atoms with Gasteiger partial charge >= 0.3 is 5.97 Å². The molecule has 2 atom stereocenters. The van der Waals surface area contributed by atoms with Crippen molar-refractivity contribution in [3.8, 4) is 0 Å². The van der Waals surface area contributed by atoms with E-state index in [-0.39, 0.29) is 16.1 Å².